The number of nitrogens with two attached hydrogens (primary N) is 1. The molecule has 0 atom stereocenters. The van der Waals surface area contributed by atoms with Gasteiger partial charge in [0.05, 0.1) is 30.2 Å². The molecule has 1 saturated carbocycles. The Morgan fingerprint density at radius 3 is 2.80 bits per heavy atom. The molecule has 0 heterocycles. The van der Waals surface area contributed by atoms with Crippen LogP contribution in [0.1, 0.15) is 30.1 Å². The smallest absolute Gasteiger partial charge is 0.340 e. The Morgan fingerprint density at radius 2 is 2.20 bits per heavy atom. The molecule has 0 aliphatic heterocycles. The van der Waals surface area contributed by atoms with Gasteiger partial charge in [0.2, 0.25) is 0 Å². The third-order valence-electron chi connectivity index (χ3n) is 3.41. The second-order valence-corrected chi connectivity index (χ2v) is 4.88. The number of para-hydroxylation sites is 1. The Kier molecular flexibility index (Phi) is 4.84. The van der Waals surface area contributed by atoms with Gasteiger partial charge in [0, 0.05) is 19.7 Å². The number of nitrogens with zero attached hydrogens (tertiary/aromatic N) is 1. The minimum Gasteiger partial charge on any atom is -0.462 e. The van der Waals surface area contributed by atoms with Gasteiger partial charge in [-0.25, -0.2) is 4.79 Å². The molecular formula is C15H22N2O3. The van der Waals surface area contributed by atoms with Crippen LogP contribution in [0.4, 0.5) is 11.4 Å². The molecule has 1 aromatic carbocycles. The topological polar surface area (TPSA) is 64.8 Å². The van der Waals surface area contributed by atoms with Crippen molar-refractivity contribution in [3.8, 4) is 0 Å². The summed E-state index contributed by atoms with van der Waals surface area (Å²) < 4.78 is 10.2. The van der Waals surface area contributed by atoms with Crippen LogP contribution in [0.5, 0.6) is 0 Å². The molecule has 20 heavy (non-hydrogen) atoms. The van der Waals surface area contributed by atoms with E-state index in [0.717, 1.165) is 25.1 Å². The lowest BCUT2D eigenvalue weighted by Gasteiger charge is -2.26. The molecule has 0 amide bonds. The fraction of sp³-hybridized carbons (Fsp3) is 0.533. The van der Waals surface area contributed by atoms with Crippen LogP contribution in [-0.4, -0.2) is 38.9 Å². The predicted octanol–water partition coefficient (Wildman–Crippen LogP) is 2.06. The van der Waals surface area contributed by atoms with E-state index in [9.17, 15) is 4.79 Å². The number of hydrogen-bond acceptors (Lipinski definition) is 5. The van der Waals surface area contributed by atoms with Crippen LogP contribution >= 0.6 is 0 Å². The van der Waals surface area contributed by atoms with Crippen molar-refractivity contribution in [3.05, 3.63) is 23.8 Å². The maximum atomic E-state index is 11.9. The van der Waals surface area contributed by atoms with Gasteiger partial charge in [-0.05, 0) is 31.9 Å². The molecule has 110 valence electrons. The first-order valence-electron chi connectivity index (χ1n) is 7.00. The number of rotatable bonds is 7. The summed E-state index contributed by atoms with van der Waals surface area (Å²) in [5.74, 6) is -0.366. The monoisotopic (exact) mass is 278 g/mol. The molecule has 0 radical (unpaired) electrons. The number of hydrogen-bond donors (Lipinski definition) is 1. The Balaban J connectivity index is 2.25. The molecule has 0 bridgehead atoms. The van der Waals surface area contributed by atoms with Crippen molar-refractivity contribution in [3.63, 3.8) is 0 Å². The quantitative estimate of drug-likeness (QED) is 0.611. The first kappa shape index (κ1) is 14.7. The maximum absolute atomic E-state index is 11.9. The first-order chi connectivity index (χ1) is 9.69. The second kappa shape index (κ2) is 6.61. The van der Waals surface area contributed by atoms with E-state index in [0.29, 0.717) is 30.5 Å². The van der Waals surface area contributed by atoms with Crippen LogP contribution in [0.25, 0.3) is 0 Å². The Labute approximate surface area is 119 Å². The largest absolute Gasteiger partial charge is 0.462 e. The van der Waals surface area contributed by atoms with Crippen LogP contribution in [0.15, 0.2) is 18.2 Å². The van der Waals surface area contributed by atoms with Gasteiger partial charge < -0.3 is 20.1 Å². The molecule has 0 aromatic heterocycles. The van der Waals surface area contributed by atoms with Crippen molar-refractivity contribution >= 4 is 17.3 Å². The number of methoxy groups -OCH3 is 1. The lowest BCUT2D eigenvalue weighted by Crippen LogP contribution is -2.30. The molecule has 1 aliphatic carbocycles. The van der Waals surface area contributed by atoms with Crippen molar-refractivity contribution in [2.75, 3.05) is 37.5 Å². The third-order valence-corrected chi connectivity index (χ3v) is 3.41. The highest BCUT2D eigenvalue weighted by Gasteiger charge is 2.30. The number of ether oxygens (including phenoxy) is 2. The summed E-state index contributed by atoms with van der Waals surface area (Å²) in [7, 11) is 1.68. The zero-order valence-electron chi connectivity index (χ0n) is 12.1. The summed E-state index contributed by atoms with van der Waals surface area (Å²) in [6.07, 6.45) is 2.32. The molecule has 1 aromatic rings. The van der Waals surface area contributed by atoms with Gasteiger partial charge >= 0.3 is 5.97 Å². The zero-order valence-corrected chi connectivity index (χ0v) is 12.1. The summed E-state index contributed by atoms with van der Waals surface area (Å²) in [5.41, 5.74) is 8.00. The third kappa shape index (κ3) is 3.22. The Bertz CT molecular complexity index is 472. The normalized spacial score (nSPS) is 14.1. The van der Waals surface area contributed by atoms with Gasteiger partial charge in [-0.2, -0.15) is 0 Å². The standard InChI is InChI=1S/C15H22N2O3/c1-3-20-15(18)12-5-4-6-13(14(12)16)17(9-10-19-2)11-7-8-11/h4-6,11H,3,7-10,16H2,1-2H3. The number of esters is 1. The Morgan fingerprint density at radius 1 is 1.45 bits per heavy atom. The molecule has 2 N–H and O–H groups in total. The fourth-order valence-corrected chi connectivity index (χ4v) is 2.27. The van der Waals surface area contributed by atoms with Gasteiger partial charge in [-0.15, -0.1) is 0 Å². The molecule has 0 unspecified atom stereocenters. The number of carbonyl (C=O) groups excluding carboxylic acids is 1. The first-order valence-corrected chi connectivity index (χ1v) is 7.00. The number of anilines is 2. The van der Waals surface area contributed by atoms with Crippen LogP contribution in [0, 0.1) is 0 Å². The highest BCUT2D eigenvalue weighted by Crippen LogP contribution is 2.36. The molecule has 1 fully saturated rings. The van der Waals surface area contributed by atoms with Crippen LogP contribution in [0.2, 0.25) is 0 Å². The molecule has 2 rings (SSSR count). The van der Waals surface area contributed by atoms with Gasteiger partial charge in [-0.1, -0.05) is 6.07 Å². The molecule has 5 nitrogen and oxygen atoms in total. The van der Waals surface area contributed by atoms with E-state index in [1.54, 1.807) is 20.1 Å². The van der Waals surface area contributed by atoms with Gasteiger partial charge in [0.1, 0.15) is 0 Å². The van der Waals surface area contributed by atoms with Gasteiger partial charge in [0.25, 0.3) is 0 Å². The summed E-state index contributed by atoms with van der Waals surface area (Å²) in [6.45, 7) is 3.54. The fourth-order valence-electron chi connectivity index (χ4n) is 2.27. The summed E-state index contributed by atoms with van der Waals surface area (Å²) in [6, 6.07) is 6.01. The Hall–Kier alpha value is -1.75. The SMILES string of the molecule is CCOC(=O)c1cccc(N(CCOC)C2CC2)c1N. The molecule has 1 aliphatic rings. The van der Waals surface area contributed by atoms with Crippen molar-refractivity contribution in [2.24, 2.45) is 0 Å². The highest BCUT2D eigenvalue weighted by atomic mass is 16.5. The predicted molar refractivity (Wildman–Crippen MR) is 79.1 cm³/mol. The van der Waals surface area contributed by atoms with E-state index < -0.39 is 0 Å². The van der Waals surface area contributed by atoms with Crippen molar-refractivity contribution in [1.29, 1.82) is 0 Å². The minimum atomic E-state index is -0.366. The zero-order chi connectivity index (χ0) is 14.5. The van der Waals surface area contributed by atoms with E-state index in [1.165, 1.54) is 0 Å². The van der Waals surface area contributed by atoms with Crippen molar-refractivity contribution < 1.29 is 14.3 Å². The van der Waals surface area contributed by atoms with Crippen molar-refractivity contribution in [1.82, 2.24) is 0 Å². The van der Waals surface area contributed by atoms with Gasteiger partial charge in [0.15, 0.2) is 0 Å². The van der Waals surface area contributed by atoms with Gasteiger partial charge in [-0.3, -0.25) is 0 Å². The maximum Gasteiger partial charge on any atom is 0.340 e. The summed E-state index contributed by atoms with van der Waals surface area (Å²) in [4.78, 5) is 14.1. The van der Waals surface area contributed by atoms with Crippen molar-refractivity contribution in [2.45, 2.75) is 25.8 Å². The average molecular weight is 278 g/mol. The average Bonchev–Trinajstić information content (AvgIpc) is 3.25. The van der Waals surface area contributed by atoms with Crippen LogP contribution in [0.3, 0.4) is 0 Å². The number of carbonyl (C=O) groups is 1. The van der Waals surface area contributed by atoms with E-state index in [4.69, 9.17) is 15.2 Å². The van der Waals surface area contributed by atoms with E-state index in [-0.39, 0.29) is 5.97 Å². The van der Waals surface area contributed by atoms with E-state index in [2.05, 4.69) is 4.90 Å². The van der Waals surface area contributed by atoms with Crippen LogP contribution in [-0.2, 0) is 9.47 Å². The van der Waals surface area contributed by atoms with E-state index in [1.807, 2.05) is 12.1 Å². The lowest BCUT2D eigenvalue weighted by molar-refractivity contribution is 0.0527. The number of nitrogen functional groups attached to an aromatic ring is 1. The highest BCUT2D eigenvalue weighted by molar-refractivity contribution is 5.98. The molecule has 0 saturated heterocycles. The molecular weight excluding hydrogens is 256 g/mol. The second-order valence-electron chi connectivity index (χ2n) is 4.88. The molecule has 5 heteroatoms. The van der Waals surface area contributed by atoms with Crippen LogP contribution < -0.4 is 10.6 Å². The van der Waals surface area contributed by atoms with E-state index >= 15 is 0 Å². The molecule has 0 spiro atoms. The minimum absolute atomic E-state index is 0.346. The summed E-state index contributed by atoms with van der Waals surface area (Å²) in [5, 5.41) is 0. The lowest BCUT2D eigenvalue weighted by atomic mass is 10.1. The summed E-state index contributed by atoms with van der Waals surface area (Å²) >= 11 is 0. The number of benzene rings is 1.